The summed E-state index contributed by atoms with van der Waals surface area (Å²) in [5.41, 5.74) is 1.43. The number of hydrogen-bond acceptors (Lipinski definition) is 3. The van der Waals surface area contributed by atoms with Gasteiger partial charge in [-0.25, -0.2) is 4.39 Å². The second-order valence-corrected chi connectivity index (χ2v) is 4.84. The number of halogens is 1. The molecule has 0 radical (unpaired) electrons. The number of rotatable bonds is 4. The molecule has 5 heteroatoms. The molecule has 0 saturated carbocycles. The second kappa shape index (κ2) is 6.27. The molecule has 0 aliphatic rings. The molecule has 0 amide bonds. The first kappa shape index (κ1) is 14.7. The van der Waals surface area contributed by atoms with Crippen LogP contribution in [0, 0.1) is 15.9 Å². The minimum absolute atomic E-state index is 0.0565. The first-order chi connectivity index (χ1) is 11.1. The summed E-state index contributed by atoms with van der Waals surface area (Å²) in [6.45, 7) is 0. The van der Waals surface area contributed by atoms with Crippen molar-refractivity contribution < 1.29 is 14.1 Å². The molecule has 0 aromatic heterocycles. The van der Waals surface area contributed by atoms with Crippen molar-refractivity contribution in [3.8, 4) is 22.6 Å². The molecular weight excluding hydrogens is 297 g/mol. The molecular formula is C18H12FNO3. The normalized spacial score (nSPS) is 10.3. The number of nitro benzene ring substituents is 1. The quantitative estimate of drug-likeness (QED) is 0.492. The molecule has 3 aromatic rings. The van der Waals surface area contributed by atoms with Crippen LogP contribution in [0.2, 0.25) is 0 Å². The highest BCUT2D eigenvalue weighted by molar-refractivity contribution is 5.70. The molecule has 23 heavy (non-hydrogen) atoms. The molecule has 0 heterocycles. The maximum absolute atomic E-state index is 14.0. The van der Waals surface area contributed by atoms with E-state index in [1.165, 1.54) is 12.1 Å². The van der Waals surface area contributed by atoms with Gasteiger partial charge in [-0.15, -0.1) is 0 Å². The van der Waals surface area contributed by atoms with Gasteiger partial charge in [-0.3, -0.25) is 10.1 Å². The summed E-state index contributed by atoms with van der Waals surface area (Å²) in [7, 11) is 0. The van der Waals surface area contributed by atoms with Gasteiger partial charge in [0.25, 0.3) is 5.69 Å². The summed E-state index contributed by atoms with van der Waals surface area (Å²) in [5.74, 6) is -0.354. The summed E-state index contributed by atoms with van der Waals surface area (Å²) < 4.78 is 19.6. The molecule has 0 N–H and O–H groups in total. The Labute approximate surface area is 131 Å². The van der Waals surface area contributed by atoms with E-state index in [1.54, 1.807) is 12.1 Å². The van der Waals surface area contributed by atoms with Crippen molar-refractivity contribution in [3.05, 3.63) is 88.7 Å². The predicted molar refractivity (Wildman–Crippen MR) is 85.0 cm³/mol. The van der Waals surface area contributed by atoms with Crippen molar-refractivity contribution in [3.63, 3.8) is 0 Å². The van der Waals surface area contributed by atoms with Crippen molar-refractivity contribution in [2.24, 2.45) is 0 Å². The van der Waals surface area contributed by atoms with Gasteiger partial charge in [0.1, 0.15) is 5.75 Å². The fourth-order valence-electron chi connectivity index (χ4n) is 2.22. The molecule has 0 unspecified atom stereocenters. The SMILES string of the molecule is O=[N+]([O-])c1ccc(Oc2ccccc2-c2ccccc2)c(F)c1. The number of hydrogen-bond donors (Lipinski definition) is 0. The highest BCUT2D eigenvalue weighted by Gasteiger charge is 2.14. The van der Waals surface area contributed by atoms with Gasteiger partial charge in [-0.1, -0.05) is 48.5 Å². The van der Waals surface area contributed by atoms with Gasteiger partial charge in [0.05, 0.1) is 11.0 Å². The van der Waals surface area contributed by atoms with Crippen LogP contribution in [0.25, 0.3) is 11.1 Å². The number of benzene rings is 3. The maximum atomic E-state index is 14.0. The summed E-state index contributed by atoms with van der Waals surface area (Å²) in [5, 5.41) is 10.7. The van der Waals surface area contributed by atoms with Crippen molar-refractivity contribution in [2.45, 2.75) is 0 Å². The van der Waals surface area contributed by atoms with Crippen LogP contribution < -0.4 is 4.74 Å². The smallest absolute Gasteiger partial charge is 0.272 e. The lowest BCUT2D eigenvalue weighted by Gasteiger charge is -2.11. The van der Waals surface area contributed by atoms with Crippen molar-refractivity contribution in [2.75, 3.05) is 0 Å². The van der Waals surface area contributed by atoms with E-state index in [4.69, 9.17) is 4.74 Å². The first-order valence-electron chi connectivity index (χ1n) is 6.91. The van der Waals surface area contributed by atoms with Gasteiger partial charge in [-0.05, 0) is 17.7 Å². The van der Waals surface area contributed by atoms with E-state index >= 15 is 0 Å². The zero-order valence-corrected chi connectivity index (χ0v) is 12.0. The van der Waals surface area contributed by atoms with Crippen molar-refractivity contribution in [1.82, 2.24) is 0 Å². The molecule has 3 rings (SSSR count). The summed E-state index contributed by atoms with van der Waals surface area (Å²) >= 11 is 0. The summed E-state index contributed by atoms with van der Waals surface area (Å²) in [6, 6.07) is 20.1. The predicted octanol–water partition coefficient (Wildman–Crippen LogP) is 5.19. The number of ether oxygens (including phenoxy) is 1. The van der Waals surface area contributed by atoms with Crippen LogP contribution in [-0.4, -0.2) is 4.92 Å². The standard InChI is InChI=1S/C18H12FNO3/c19-16-12-14(20(21)22)10-11-18(16)23-17-9-5-4-8-15(17)13-6-2-1-3-7-13/h1-12H. The van der Waals surface area contributed by atoms with E-state index < -0.39 is 10.7 Å². The van der Waals surface area contributed by atoms with Crippen molar-refractivity contribution >= 4 is 5.69 Å². The van der Waals surface area contributed by atoms with E-state index in [1.807, 2.05) is 42.5 Å². The Morgan fingerprint density at radius 1 is 0.870 bits per heavy atom. The lowest BCUT2D eigenvalue weighted by Crippen LogP contribution is -1.93. The highest BCUT2D eigenvalue weighted by atomic mass is 19.1. The van der Waals surface area contributed by atoms with Gasteiger partial charge in [0.15, 0.2) is 11.6 Å². The molecule has 0 aliphatic heterocycles. The Morgan fingerprint density at radius 3 is 2.26 bits per heavy atom. The lowest BCUT2D eigenvalue weighted by molar-refractivity contribution is -0.385. The second-order valence-electron chi connectivity index (χ2n) is 4.84. The molecule has 0 aliphatic carbocycles. The number of non-ortho nitro benzene ring substituents is 1. The monoisotopic (exact) mass is 309 g/mol. The fourth-order valence-corrected chi connectivity index (χ4v) is 2.22. The zero-order chi connectivity index (χ0) is 16.2. The Bertz CT molecular complexity index is 850. The van der Waals surface area contributed by atoms with Crippen LogP contribution in [0.3, 0.4) is 0 Å². The fraction of sp³-hybridized carbons (Fsp3) is 0. The minimum Gasteiger partial charge on any atom is -0.454 e. The number of nitrogens with zero attached hydrogens (tertiary/aromatic N) is 1. The average Bonchev–Trinajstić information content (AvgIpc) is 2.58. The van der Waals surface area contributed by atoms with Crippen LogP contribution in [0.15, 0.2) is 72.8 Å². The van der Waals surface area contributed by atoms with Crippen LogP contribution in [-0.2, 0) is 0 Å². The lowest BCUT2D eigenvalue weighted by atomic mass is 10.0. The average molecular weight is 309 g/mol. The molecule has 0 bridgehead atoms. The highest BCUT2D eigenvalue weighted by Crippen LogP contribution is 2.34. The van der Waals surface area contributed by atoms with Crippen LogP contribution in [0.1, 0.15) is 0 Å². The zero-order valence-electron chi connectivity index (χ0n) is 12.0. The van der Waals surface area contributed by atoms with Gasteiger partial charge >= 0.3 is 0 Å². The third-order valence-corrected chi connectivity index (χ3v) is 3.32. The van der Waals surface area contributed by atoms with Crippen LogP contribution >= 0.6 is 0 Å². The largest absolute Gasteiger partial charge is 0.454 e. The van der Waals surface area contributed by atoms with Crippen LogP contribution in [0.5, 0.6) is 11.5 Å². The molecule has 0 fully saturated rings. The Kier molecular flexibility index (Phi) is 4.01. The Hall–Kier alpha value is -3.21. The van der Waals surface area contributed by atoms with Crippen LogP contribution in [0.4, 0.5) is 10.1 Å². The van der Waals surface area contributed by atoms with Gasteiger partial charge in [0.2, 0.25) is 0 Å². The third-order valence-electron chi connectivity index (χ3n) is 3.32. The van der Waals surface area contributed by atoms with E-state index in [2.05, 4.69) is 0 Å². The molecule has 0 atom stereocenters. The van der Waals surface area contributed by atoms with Gasteiger partial charge in [0, 0.05) is 11.6 Å². The topological polar surface area (TPSA) is 52.4 Å². The first-order valence-corrected chi connectivity index (χ1v) is 6.91. The number of nitro groups is 1. The maximum Gasteiger partial charge on any atom is 0.272 e. The molecule has 3 aromatic carbocycles. The van der Waals surface area contributed by atoms with E-state index in [-0.39, 0.29) is 11.4 Å². The minimum atomic E-state index is -0.776. The Morgan fingerprint density at radius 2 is 1.57 bits per heavy atom. The van der Waals surface area contributed by atoms with Gasteiger partial charge < -0.3 is 4.74 Å². The third kappa shape index (κ3) is 3.18. The van der Waals surface area contributed by atoms with E-state index in [0.717, 1.165) is 17.2 Å². The van der Waals surface area contributed by atoms with E-state index in [9.17, 15) is 14.5 Å². The molecule has 114 valence electrons. The number of para-hydroxylation sites is 1. The molecule has 0 saturated heterocycles. The Balaban J connectivity index is 1.97. The van der Waals surface area contributed by atoms with Crippen molar-refractivity contribution in [1.29, 1.82) is 0 Å². The molecule has 0 spiro atoms. The van der Waals surface area contributed by atoms with Gasteiger partial charge in [-0.2, -0.15) is 0 Å². The molecule has 4 nitrogen and oxygen atoms in total. The summed E-state index contributed by atoms with van der Waals surface area (Å²) in [4.78, 5) is 10.0. The van der Waals surface area contributed by atoms with E-state index in [0.29, 0.717) is 5.75 Å². The summed E-state index contributed by atoms with van der Waals surface area (Å²) in [6.07, 6.45) is 0.